The molecule has 0 spiro atoms. The van der Waals surface area contributed by atoms with E-state index < -0.39 is 11.9 Å². The van der Waals surface area contributed by atoms with Crippen molar-refractivity contribution in [1.29, 1.82) is 0 Å². The number of aryl methyl sites for hydroxylation is 1. The molecule has 1 N–H and O–H groups in total. The first-order valence-electron chi connectivity index (χ1n) is 8.05. The van der Waals surface area contributed by atoms with Gasteiger partial charge in [0.05, 0.1) is 5.39 Å². The summed E-state index contributed by atoms with van der Waals surface area (Å²) in [6, 6.07) is 9.22. The Morgan fingerprint density at radius 1 is 1.20 bits per heavy atom. The molecule has 1 aliphatic rings. The van der Waals surface area contributed by atoms with E-state index in [9.17, 15) is 13.2 Å². The van der Waals surface area contributed by atoms with Gasteiger partial charge in [-0.25, -0.2) is 15.0 Å². The van der Waals surface area contributed by atoms with Crippen LogP contribution >= 0.6 is 0 Å². The predicted molar refractivity (Wildman–Crippen MR) is 89.2 cm³/mol. The van der Waals surface area contributed by atoms with Gasteiger partial charge in [-0.15, -0.1) is 0 Å². The van der Waals surface area contributed by atoms with Crippen LogP contribution in [-0.4, -0.2) is 21.2 Å². The lowest BCUT2D eigenvalue weighted by molar-refractivity contribution is -0.140. The molecule has 0 saturated heterocycles. The highest BCUT2D eigenvalue weighted by Crippen LogP contribution is 2.34. The van der Waals surface area contributed by atoms with Crippen LogP contribution in [0.5, 0.6) is 0 Å². The van der Waals surface area contributed by atoms with E-state index in [0.717, 1.165) is 25.3 Å². The number of rotatable bonds is 2. The Bertz CT molecular complexity index is 943. The van der Waals surface area contributed by atoms with Gasteiger partial charge in [-0.1, -0.05) is 24.3 Å². The summed E-state index contributed by atoms with van der Waals surface area (Å²) in [7, 11) is 0. The molecule has 1 aliphatic carbocycles. The van der Waals surface area contributed by atoms with Crippen molar-refractivity contribution in [3.8, 4) is 0 Å². The minimum absolute atomic E-state index is 0.138. The third kappa shape index (κ3) is 3.01. The van der Waals surface area contributed by atoms with Crippen molar-refractivity contribution in [3.63, 3.8) is 0 Å². The Balaban J connectivity index is 1.70. The highest BCUT2D eigenvalue weighted by Gasteiger charge is 2.33. The molecule has 0 radical (unpaired) electrons. The number of hydrogen-bond donors (Lipinski definition) is 1. The van der Waals surface area contributed by atoms with Gasteiger partial charge < -0.3 is 4.98 Å². The largest absolute Gasteiger partial charge is 0.431 e. The molecule has 0 amide bonds. The van der Waals surface area contributed by atoms with E-state index >= 15 is 0 Å². The molecule has 0 aliphatic heterocycles. The first kappa shape index (κ1) is 15.8. The Morgan fingerprint density at radius 2 is 2.04 bits per heavy atom. The zero-order valence-corrected chi connectivity index (χ0v) is 13.2. The summed E-state index contributed by atoms with van der Waals surface area (Å²) in [6.45, 7) is 0. The topological polar surface area (TPSA) is 53.9 Å². The first-order chi connectivity index (χ1) is 12.0. The molecule has 1 aromatic carbocycles. The lowest BCUT2D eigenvalue weighted by atomic mass is 9.83. The van der Waals surface area contributed by atoms with Crippen LogP contribution < -0.4 is 0 Å². The number of nitrogens with one attached hydrogen (secondary N) is 1. The zero-order valence-electron chi connectivity index (χ0n) is 13.2. The molecule has 2 heterocycles. The molecule has 4 rings (SSSR count). The SMILES string of the molecule is FC(F)(F)c1cc2c(N=CC3CCCc4ccccc43)ncnc2[nH]1. The standard InChI is InChI=1S/C18H15F3N4/c19-18(20,21)15-8-14-16(23-10-24-17(14)25-15)22-9-12-6-3-5-11-4-1-2-7-13(11)12/h1-2,4,7-10,12H,3,5-6H2,(H,23,24,25). The number of alkyl halides is 3. The van der Waals surface area contributed by atoms with Gasteiger partial charge in [0.25, 0.3) is 0 Å². The maximum absolute atomic E-state index is 12.9. The fourth-order valence-corrected chi connectivity index (χ4v) is 3.29. The number of aromatic amines is 1. The molecule has 7 heteroatoms. The predicted octanol–water partition coefficient (Wildman–Crippen LogP) is 4.80. The normalized spacial score (nSPS) is 18.0. The Labute approximate surface area is 141 Å². The van der Waals surface area contributed by atoms with Gasteiger partial charge in [-0.2, -0.15) is 13.2 Å². The van der Waals surface area contributed by atoms with Gasteiger partial charge in [-0.3, -0.25) is 0 Å². The molecule has 4 nitrogen and oxygen atoms in total. The molecule has 2 aromatic heterocycles. The summed E-state index contributed by atoms with van der Waals surface area (Å²) < 4.78 is 38.6. The van der Waals surface area contributed by atoms with E-state index in [0.29, 0.717) is 0 Å². The summed E-state index contributed by atoms with van der Waals surface area (Å²) in [6.07, 6.45) is 1.64. The van der Waals surface area contributed by atoms with E-state index in [1.165, 1.54) is 17.5 Å². The number of hydrogen-bond acceptors (Lipinski definition) is 3. The van der Waals surface area contributed by atoms with Crippen LogP contribution in [-0.2, 0) is 12.6 Å². The summed E-state index contributed by atoms with van der Waals surface area (Å²) >= 11 is 0. The van der Waals surface area contributed by atoms with Crippen LogP contribution in [0.1, 0.15) is 35.6 Å². The molecule has 1 atom stereocenters. The third-order valence-corrected chi connectivity index (χ3v) is 4.50. The lowest BCUT2D eigenvalue weighted by Gasteiger charge is -2.22. The molecule has 128 valence electrons. The van der Waals surface area contributed by atoms with Crippen molar-refractivity contribution in [2.75, 3.05) is 0 Å². The van der Waals surface area contributed by atoms with Crippen LogP contribution in [0.25, 0.3) is 11.0 Å². The van der Waals surface area contributed by atoms with Gasteiger partial charge in [0, 0.05) is 12.1 Å². The molecule has 0 fully saturated rings. The summed E-state index contributed by atoms with van der Waals surface area (Å²) in [5.74, 6) is 0.399. The quantitative estimate of drug-likeness (QED) is 0.679. The van der Waals surface area contributed by atoms with Crippen LogP contribution in [0.15, 0.2) is 41.7 Å². The van der Waals surface area contributed by atoms with E-state index in [4.69, 9.17) is 0 Å². The molecule has 1 unspecified atom stereocenters. The number of H-pyrrole nitrogens is 1. The van der Waals surface area contributed by atoms with Gasteiger partial charge >= 0.3 is 6.18 Å². The van der Waals surface area contributed by atoms with Gasteiger partial charge in [0.2, 0.25) is 0 Å². The number of benzene rings is 1. The monoisotopic (exact) mass is 344 g/mol. The third-order valence-electron chi connectivity index (χ3n) is 4.50. The van der Waals surface area contributed by atoms with Crippen molar-refractivity contribution in [2.45, 2.75) is 31.4 Å². The summed E-state index contributed by atoms with van der Waals surface area (Å²) in [4.78, 5) is 14.6. The minimum Gasteiger partial charge on any atom is -0.336 e. The summed E-state index contributed by atoms with van der Waals surface area (Å²) in [5.41, 5.74) is 1.83. The average Bonchev–Trinajstić information content (AvgIpc) is 3.05. The number of nitrogens with zero attached hydrogens (tertiary/aromatic N) is 3. The summed E-state index contributed by atoms with van der Waals surface area (Å²) in [5, 5.41) is 0.273. The van der Waals surface area contributed by atoms with Gasteiger partial charge in [0.15, 0.2) is 5.82 Å². The van der Waals surface area contributed by atoms with Crippen LogP contribution in [0.3, 0.4) is 0 Å². The minimum atomic E-state index is -4.45. The average molecular weight is 344 g/mol. The number of aromatic nitrogens is 3. The molecule has 0 bridgehead atoms. The lowest BCUT2D eigenvalue weighted by Crippen LogP contribution is -2.10. The van der Waals surface area contributed by atoms with Gasteiger partial charge in [-0.05, 0) is 36.5 Å². The van der Waals surface area contributed by atoms with Gasteiger partial charge in [0.1, 0.15) is 17.7 Å². The zero-order chi connectivity index (χ0) is 17.4. The molecule has 3 aromatic rings. The highest BCUT2D eigenvalue weighted by molar-refractivity contribution is 5.88. The fourth-order valence-electron chi connectivity index (χ4n) is 3.29. The Hall–Kier alpha value is -2.70. The first-order valence-corrected chi connectivity index (χ1v) is 8.05. The van der Waals surface area contributed by atoms with E-state index in [1.807, 2.05) is 12.1 Å². The van der Waals surface area contributed by atoms with E-state index in [2.05, 4.69) is 32.1 Å². The van der Waals surface area contributed by atoms with Crippen molar-refractivity contribution in [1.82, 2.24) is 15.0 Å². The molecular weight excluding hydrogens is 329 g/mol. The second-order valence-electron chi connectivity index (χ2n) is 6.12. The fraction of sp³-hybridized carbons (Fsp3) is 0.278. The number of aliphatic imine (C=N–C) groups is 1. The maximum Gasteiger partial charge on any atom is 0.431 e. The van der Waals surface area contributed by atoms with Crippen LogP contribution in [0, 0.1) is 0 Å². The second-order valence-corrected chi connectivity index (χ2v) is 6.12. The van der Waals surface area contributed by atoms with Crippen molar-refractivity contribution in [2.24, 2.45) is 4.99 Å². The number of halogens is 3. The smallest absolute Gasteiger partial charge is 0.336 e. The van der Waals surface area contributed by atoms with Crippen molar-refractivity contribution in [3.05, 3.63) is 53.5 Å². The number of fused-ring (bicyclic) bond motifs is 2. The highest BCUT2D eigenvalue weighted by atomic mass is 19.4. The Morgan fingerprint density at radius 3 is 2.88 bits per heavy atom. The van der Waals surface area contributed by atoms with Crippen molar-refractivity contribution >= 4 is 23.1 Å². The Kier molecular flexibility index (Phi) is 3.78. The van der Waals surface area contributed by atoms with E-state index in [-0.39, 0.29) is 22.8 Å². The molecule has 0 saturated carbocycles. The van der Waals surface area contributed by atoms with Crippen molar-refractivity contribution < 1.29 is 13.2 Å². The van der Waals surface area contributed by atoms with Crippen LogP contribution in [0.4, 0.5) is 19.0 Å². The second kappa shape index (κ2) is 5.98. The molecular formula is C18H15F3N4. The van der Waals surface area contributed by atoms with Crippen LogP contribution in [0.2, 0.25) is 0 Å². The maximum atomic E-state index is 12.9. The van der Waals surface area contributed by atoms with E-state index in [1.54, 1.807) is 6.21 Å². The molecule has 25 heavy (non-hydrogen) atoms.